The maximum atomic E-state index is 10.4. The quantitative estimate of drug-likeness (QED) is 0.619. The van der Waals surface area contributed by atoms with E-state index in [0.717, 1.165) is 37.2 Å². The van der Waals surface area contributed by atoms with Crippen LogP contribution in [0.25, 0.3) is 0 Å². The summed E-state index contributed by atoms with van der Waals surface area (Å²) in [6, 6.07) is 0. The van der Waals surface area contributed by atoms with Crippen molar-refractivity contribution < 1.29 is 4.79 Å². The number of carbonyl (C=O) groups excluding carboxylic acids is 1. The highest BCUT2D eigenvalue weighted by Gasteiger charge is 2.17. The first kappa shape index (κ1) is 8.29. The van der Waals surface area contributed by atoms with E-state index in [1.807, 2.05) is 11.7 Å². The highest BCUT2D eigenvalue weighted by atomic mass is 16.1. The molecule has 1 aliphatic heterocycles. The van der Waals surface area contributed by atoms with Crippen molar-refractivity contribution in [3.63, 3.8) is 0 Å². The molecule has 0 atom stereocenters. The summed E-state index contributed by atoms with van der Waals surface area (Å²) in [5.74, 6) is 1.11. The zero-order chi connectivity index (χ0) is 9.26. The molecule has 0 saturated carbocycles. The number of hydrogen-bond donors (Lipinski definition) is 0. The van der Waals surface area contributed by atoms with E-state index in [-0.39, 0.29) is 0 Å². The highest BCUT2D eigenvalue weighted by Crippen LogP contribution is 2.23. The number of carbonyl (C=O) groups is 1. The Hall–Kier alpha value is -1.32. The molecule has 1 aliphatic rings. The lowest BCUT2D eigenvalue weighted by Gasteiger charge is -2.26. The summed E-state index contributed by atoms with van der Waals surface area (Å²) < 4.78 is 1.97. The van der Waals surface area contributed by atoms with E-state index in [1.54, 1.807) is 6.20 Å². The van der Waals surface area contributed by atoms with Crippen molar-refractivity contribution in [3.05, 3.63) is 11.8 Å². The minimum Gasteiger partial charge on any atom is -0.360 e. The van der Waals surface area contributed by atoms with Crippen LogP contribution in [0.5, 0.6) is 0 Å². The first-order chi connectivity index (χ1) is 6.33. The molecule has 1 aromatic rings. The van der Waals surface area contributed by atoms with Gasteiger partial charge in [0.1, 0.15) is 12.1 Å². The topological polar surface area (TPSA) is 38.1 Å². The van der Waals surface area contributed by atoms with Crippen molar-refractivity contribution in [1.82, 2.24) is 9.78 Å². The second kappa shape index (κ2) is 3.20. The summed E-state index contributed by atoms with van der Waals surface area (Å²) in [7, 11) is 2.04. The second-order valence-corrected chi connectivity index (χ2v) is 3.36. The van der Waals surface area contributed by atoms with Gasteiger partial charge in [-0.25, -0.2) is 4.68 Å². The molecule has 0 aliphatic carbocycles. The average Bonchev–Trinajstić information content (AvgIpc) is 2.51. The maximum absolute atomic E-state index is 10.4. The summed E-state index contributed by atoms with van der Waals surface area (Å²) in [6.07, 6.45) is 4.33. The number of aldehydes is 1. The lowest BCUT2D eigenvalue weighted by atomic mass is 10.2. The van der Waals surface area contributed by atoms with Crippen LogP contribution in [-0.2, 0) is 17.8 Å². The minimum atomic E-state index is 0.472. The molecule has 0 bridgehead atoms. The Morgan fingerprint density at radius 1 is 1.62 bits per heavy atom. The van der Waals surface area contributed by atoms with E-state index in [4.69, 9.17) is 0 Å². The molecule has 1 aromatic heterocycles. The van der Waals surface area contributed by atoms with Crippen LogP contribution in [0.4, 0.5) is 5.82 Å². The molecule has 13 heavy (non-hydrogen) atoms. The molecule has 0 N–H and O–H groups in total. The fourth-order valence-corrected chi connectivity index (χ4v) is 1.82. The number of aromatic nitrogens is 2. The molecule has 0 fully saturated rings. The first-order valence-electron chi connectivity index (χ1n) is 4.52. The molecule has 0 amide bonds. The Bertz CT molecular complexity index is 319. The first-order valence-corrected chi connectivity index (χ1v) is 4.52. The third-order valence-electron chi connectivity index (χ3n) is 2.41. The van der Waals surface area contributed by atoms with Gasteiger partial charge in [-0.2, -0.15) is 5.10 Å². The van der Waals surface area contributed by atoms with Crippen LogP contribution in [0.1, 0.15) is 12.0 Å². The van der Waals surface area contributed by atoms with E-state index < -0.39 is 0 Å². The van der Waals surface area contributed by atoms with Gasteiger partial charge in [-0.05, 0) is 6.42 Å². The number of hydrogen-bond acceptors (Lipinski definition) is 3. The van der Waals surface area contributed by atoms with Gasteiger partial charge in [-0.1, -0.05) is 0 Å². The molecule has 2 heterocycles. The fourth-order valence-electron chi connectivity index (χ4n) is 1.82. The Morgan fingerprint density at radius 3 is 3.23 bits per heavy atom. The zero-order valence-corrected chi connectivity index (χ0v) is 7.73. The third-order valence-corrected chi connectivity index (χ3v) is 2.41. The lowest BCUT2D eigenvalue weighted by Crippen LogP contribution is -2.29. The van der Waals surface area contributed by atoms with E-state index in [2.05, 4.69) is 10.00 Å². The number of aryl methyl sites for hydroxylation is 1. The van der Waals surface area contributed by atoms with Gasteiger partial charge in [0.2, 0.25) is 0 Å². The molecular formula is C9H13N3O. The van der Waals surface area contributed by atoms with E-state index in [0.29, 0.717) is 6.42 Å². The Labute approximate surface area is 77.1 Å². The van der Waals surface area contributed by atoms with Gasteiger partial charge < -0.3 is 9.69 Å². The second-order valence-electron chi connectivity index (χ2n) is 3.36. The summed E-state index contributed by atoms with van der Waals surface area (Å²) in [4.78, 5) is 12.6. The number of fused-ring (bicyclic) bond motifs is 1. The molecule has 4 nitrogen and oxygen atoms in total. The van der Waals surface area contributed by atoms with E-state index in [9.17, 15) is 4.79 Å². The Kier molecular flexibility index (Phi) is 2.04. The predicted molar refractivity (Wildman–Crippen MR) is 49.9 cm³/mol. The smallest absolute Gasteiger partial charge is 0.130 e. The Morgan fingerprint density at radius 2 is 2.46 bits per heavy atom. The van der Waals surface area contributed by atoms with Gasteiger partial charge in [-0.15, -0.1) is 0 Å². The SMILES string of the molecule is CN1CCCn2ncc(CC=O)c21. The van der Waals surface area contributed by atoms with Crippen molar-refractivity contribution in [1.29, 1.82) is 0 Å². The van der Waals surface area contributed by atoms with Crippen molar-refractivity contribution in [2.45, 2.75) is 19.4 Å². The van der Waals surface area contributed by atoms with Crippen molar-refractivity contribution >= 4 is 12.1 Å². The van der Waals surface area contributed by atoms with Crippen LogP contribution in [0.15, 0.2) is 6.20 Å². The number of rotatable bonds is 2. The van der Waals surface area contributed by atoms with Crippen LogP contribution in [-0.4, -0.2) is 29.7 Å². The minimum absolute atomic E-state index is 0.472. The predicted octanol–water partition coefficient (Wildman–Crippen LogP) is 0.464. The van der Waals surface area contributed by atoms with Gasteiger partial charge in [0.05, 0.1) is 6.20 Å². The molecule has 0 aromatic carbocycles. The third kappa shape index (κ3) is 1.32. The van der Waals surface area contributed by atoms with Crippen LogP contribution < -0.4 is 4.90 Å². The number of anilines is 1. The fraction of sp³-hybridized carbons (Fsp3) is 0.556. The summed E-state index contributed by atoms with van der Waals surface area (Å²) in [5.41, 5.74) is 1.04. The molecule has 0 unspecified atom stereocenters. The number of nitrogens with zero attached hydrogens (tertiary/aromatic N) is 3. The van der Waals surface area contributed by atoms with Gasteiger partial charge in [0, 0.05) is 32.1 Å². The van der Waals surface area contributed by atoms with E-state index >= 15 is 0 Å². The average molecular weight is 179 g/mol. The largest absolute Gasteiger partial charge is 0.360 e. The van der Waals surface area contributed by atoms with Gasteiger partial charge in [0.15, 0.2) is 0 Å². The molecule has 4 heteroatoms. The van der Waals surface area contributed by atoms with Crippen LogP contribution >= 0.6 is 0 Å². The van der Waals surface area contributed by atoms with Crippen molar-refractivity contribution in [3.8, 4) is 0 Å². The monoisotopic (exact) mass is 179 g/mol. The van der Waals surface area contributed by atoms with E-state index in [1.165, 1.54) is 0 Å². The van der Waals surface area contributed by atoms with Crippen molar-refractivity contribution in [2.24, 2.45) is 0 Å². The molecular weight excluding hydrogens is 166 g/mol. The lowest BCUT2D eigenvalue weighted by molar-refractivity contribution is -0.107. The normalized spacial score (nSPS) is 15.6. The summed E-state index contributed by atoms with van der Waals surface area (Å²) in [6.45, 7) is 2.02. The molecule has 70 valence electrons. The van der Waals surface area contributed by atoms with Crippen LogP contribution in [0.2, 0.25) is 0 Å². The standard InChI is InChI=1S/C9H13N3O/c1-11-4-2-5-12-9(11)8(3-6-13)7-10-12/h6-7H,2-5H2,1H3. The van der Waals surface area contributed by atoms with Gasteiger partial charge >= 0.3 is 0 Å². The van der Waals surface area contributed by atoms with Crippen LogP contribution in [0.3, 0.4) is 0 Å². The van der Waals surface area contributed by atoms with Gasteiger partial charge in [0.25, 0.3) is 0 Å². The highest BCUT2D eigenvalue weighted by molar-refractivity contribution is 5.61. The zero-order valence-electron chi connectivity index (χ0n) is 7.73. The summed E-state index contributed by atoms with van der Waals surface area (Å²) >= 11 is 0. The van der Waals surface area contributed by atoms with Crippen LogP contribution in [0, 0.1) is 0 Å². The summed E-state index contributed by atoms with van der Waals surface area (Å²) in [5, 5.41) is 4.24. The van der Waals surface area contributed by atoms with Gasteiger partial charge in [-0.3, -0.25) is 0 Å². The molecule has 0 radical (unpaired) electrons. The van der Waals surface area contributed by atoms with Crippen molar-refractivity contribution in [2.75, 3.05) is 18.5 Å². The molecule has 0 saturated heterocycles. The molecule has 0 spiro atoms. The maximum Gasteiger partial charge on any atom is 0.130 e. The Balaban J connectivity index is 2.37. The molecule has 2 rings (SSSR count).